The molecule has 0 aromatic heterocycles. The summed E-state index contributed by atoms with van der Waals surface area (Å²) in [6, 6.07) is 0. The summed E-state index contributed by atoms with van der Waals surface area (Å²) in [6.07, 6.45) is 4.98. The molecule has 0 aromatic rings. The van der Waals surface area contributed by atoms with Crippen LogP contribution in [0.25, 0.3) is 0 Å². The largest absolute Gasteiger partial charge is 0.479 e. The fraction of sp³-hybridized carbons (Fsp3) is 0.900. The Hall–Kier alpha value is -0.570. The van der Waals surface area contributed by atoms with Gasteiger partial charge in [-0.1, -0.05) is 25.7 Å². The second-order valence-electron chi connectivity index (χ2n) is 3.67. The van der Waals surface area contributed by atoms with Gasteiger partial charge in [-0.05, 0) is 19.3 Å². The van der Waals surface area contributed by atoms with Crippen LogP contribution in [0.2, 0.25) is 0 Å². The van der Waals surface area contributed by atoms with Gasteiger partial charge in [-0.2, -0.15) is 0 Å². The van der Waals surface area contributed by atoms with E-state index in [1.807, 2.05) is 6.92 Å². The van der Waals surface area contributed by atoms with Gasteiger partial charge < -0.3 is 9.84 Å². The van der Waals surface area contributed by atoms with Gasteiger partial charge in [0.2, 0.25) is 0 Å². The molecule has 1 fully saturated rings. The first-order chi connectivity index (χ1) is 6.24. The normalized spacial score (nSPS) is 20.4. The molecule has 1 saturated carbocycles. The molecular formula is C10H18O3. The number of rotatable bonds is 5. The highest BCUT2D eigenvalue weighted by Gasteiger charge is 2.24. The Morgan fingerprint density at radius 2 is 2.15 bits per heavy atom. The van der Waals surface area contributed by atoms with Gasteiger partial charge in [0.1, 0.15) is 0 Å². The fourth-order valence-corrected chi connectivity index (χ4v) is 1.99. The number of carboxylic acids is 1. The van der Waals surface area contributed by atoms with Crippen molar-refractivity contribution in [3.05, 3.63) is 0 Å². The molecule has 0 radical (unpaired) electrons. The molecule has 0 heterocycles. The van der Waals surface area contributed by atoms with Crippen molar-refractivity contribution in [2.45, 2.75) is 45.1 Å². The molecule has 1 atom stereocenters. The summed E-state index contributed by atoms with van der Waals surface area (Å²) in [5, 5.41) is 8.84. The second-order valence-corrected chi connectivity index (χ2v) is 3.67. The van der Waals surface area contributed by atoms with E-state index in [4.69, 9.17) is 9.84 Å². The predicted octanol–water partition coefficient (Wildman–Crippen LogP) is 2.06. The molecule has 76 valence electrons. The van der Waals surface area contributed by atoms with Crippen LogP contribution in [0.3, 0.4) is 0 Å². The van der Waals surface area contributed by atoms with Gasteiger partial charge in [0, 0.05) is 6.61 Å². The van der Waals surface area contributed by atoms with Gasteiger partial charge in [-0.3, -0.25) is 0 Å². The van der Waals surface area contributed by atoms with Crippen molar-refractivity contribution in [3.63, 3.8) is 0 Å². The van der Waals surface area contributed by atoms with Crippen molar-refractivity contribution >= 4 is 5.97 Å². The maximum atomic E-state index is 10.8. The van der Waals surface area contributed by atoms with Crippen LogP contribution in [0.4, 0.5) is 0 Å². The van der Waals surface area contributed by atoms with Gasteiger partial charge in [-0.15, -0.1) is 0 Å². The lowest BCUT2D eigenvalue weighted by atomic mass is 10.00. The van der Waals surface area contributed by atoms with E-state index >= 15 is 0 Å². The standard InChI is InChI=1S/C10H18O3/c1-2-13-9(10(11)12)7-8-5-3-4-6-8/h8-9H,2-7H2,1H3,(H,11,12). The number of hydrogen-bond acceptors (Lipinski definition) is 2. The van der Waals surface area contributed by atoms with Gasteiger partial charge in [-0.25, -0.2) is 4.79 Å². The average molecular weight is 186 g/mol. The summed E-state index contributed by atoms with van der Waals surface area (Å²) in [4.78, 5) is 10.8. The Kier molecular flexibility index (Phi) is 4.22. The predicted molar refractivity (Wildman–Crippen MR) is 49.6 cm³/mol. The average Bonchev–Trinajstić information content (AvgIpc) is 2.56. The first-order valence-electron chi connectivity index (χ1n) is 5.08. The zero-order chi connectivity index (χ0) is 9.68. The monoisotopic (exact) mass is 186 g/mol. The van der Waals surface area contributed by atoms with Crippen LogP contribution in [-0.4, -0.2) is 23.8 Å². The molecule has 3 nitrogen and oxygen atoms in total. The summed E-state index contributed by atoms with van der Waals surface area (Å²) in [5.41, 5.74) is 0. The summed E-state index contributed by atoms with van der Waals surface area (Å²) < 4.78 is 5.17. The van der Waals surface area contributed by atoms with E-state index in [2.05, 4.69) is 0 Å². The van der Waals surface area contributed by atoms with Crippen LogP contribution < -0.4 is 0 Å². The van der Waals surface area contributed by atoms with E-state index in [9.17, 15) is 4.79 Å². The Labute approximate surface area is 79.1 Å². The molecule has 1 N–H and O–H groups in total. The van der Waals surface area contributed by atoms with Gasteiger partial charge >= 0.3 is 5.97 Å². The zero-order valence-electron chi connectivity index (χ0n) is 8.16. The van der Waals surface area contributed by atoms with Crippen molar-refractivity contribution in [3.8, 4) is 0 Å². The maximum absolute atomic E-state index is 10.8. The van der Waals surface area contributed by atoms with E-state index in [0.717, 1.165) is 0 Å². The molecule has 0 saturated heterocycles. The summed E-state index contributed by atoms with van der Waals surface area (Å²) in [5.74, 6) is -0.235. The van der Waals surface area contributed by atoms with E-state index in [0.29, 0.717) is 18.9 Å². The first-order valence-corrected chi connectivity index (χ1v) is 5.08. The smallest absolute Gasteiger partial charge is 0.332 e. The van der Waals surface area contributed by atoms with Crippen molar-refractivity contribution in [1.82, 2.24) is 0 Å². The minimum absolute atomic E-state index is 0.490. The Morgan fingerprint density at radius 3 is 2.62 bits per heavy atom. The third-order valence-electron chi connectivity index (χ3n) is 2.67. The van der Waals surface area contributed by atoms with Gasteiger partial charge in [0.15, 0.2) is 6.10 Å². The second kappa shape index (κ2) is 5.22. The molecule has 0 aliphatic heterocycles. The number of carbonyl (C=O) groups is 1. The highest BCUT2D eigenvalue weighted by molar-refractivity contribution is 5.72. The van der Waals surface area contributed by atoms with Crippen molar-refractivity contribution < 1.29 is 14.6 Å². The minimum Gasteiger partial charge on any atom is -0.479 e. The van der Waals surface area contributed by atoms with E-state index in [-0.39, 0.29) is 0 Å². The summed E-state index contributed by atoms with van der Waals surface area (Å²) in [6.45, 7) is 2.33. The number of hydrogen-bond donors (Lipinski definition) is 1. The van der Waals surface area contributed by atoms with Crippen LogP contribution in [0.15, 0.2) is 0 Å². The highest BCUT2D eigenvalue weighted by Crippen LogP contribution is 2.29. The maximum Gasteiger partial charge on any atom is 0.332 e. The Bertz CT molecular complexity index is 162. The lowest BCUT2D eigenvalue weighted by Gasteiger charge is -2.16. The molecule has 1 unspecified atom stereocenters. The van der Waals surface area contributed by atoms with Crippen molar-refractivity contribution in [2.75, 3.05) is 6.61 Å². The molecular weight excluding hydrogens is 168 g/mol. The van der Waals surface area contributed by atoms with Gasteiger partial charge in [0.05, 0.1) is 0 Å². The molecule has 1 aliphatic carbocycles. The third kappa shape index (κ3) is 3.35. The summed E-state index contributed by atoms with van der Waals surface area (Å²) in [7, 11) is 0. The Morgan fingerprint density at radius 1 is 1.54 bits per heavy atom. The third-order valence-corrected chi connectivity index (χ3v) is 2.67. The SMILES string of the molecule is CCOC(CC1CCCC1)C(=O)O. The van der Waals surface area contributed by atoms with Gasteiger partial charge in [0.25, 0.3) is 0 Å². The highest BCUT2D eigenvalue weighted by atomic mass is 16.5. The molecule has 0 spiro atoms. The minimum atomic E-state index is -0.811. The number of ether oxygens (including phenoxy) is 1. The molecule has 1 rings (SSSR count). The topological polar surface area (TPSA) is 46.5 Å². The molecule has 1 aliphatic rings. The molecule has 0 aromatic carbocycles. The summed E-state index contributed by atoms with van der Waals surface area (Å²) >= 11 is 0. The van der Waals surface area contributed by atoms with Crippen molar-refractivity contribution in [1.29, 1.82) is 0 Å². The quantitative estimate of drug-likeness (QED) is 0.714. The van der Waals surface area contributed by atoms with Crippen molar-refractivity contribution in [2.24, 2.45) is 5.92 Å². The Balaban J connectivity index is 2.32. The lowest BCUT2D eigenvalue weighted by Crippen LogP contribution is -2.26. The molecule has 13 heavy (non-hydrogen) atoms. The van der Waals surface area contributed by atoms with E-state index in [1.54, 1.807) is 0 Å². The van der Waals surface area contributed by atoms with Crippen LogP contribution >= 0.6 is 0 Å². The molecule has 3 heteroatoms. The molecule has 0 amide bonds. The number of carboxylic acid groups (broad SMARTS) is 1. The van der Waals surface area contributed by atoms with Crippen LogP contribution in [0, 0.1) is 5.92 Å². The van der Waals surface area contributed by atoms with E-state index < -0.39 is 12.1 Å². The van der Waals surface area contributed by atoms with Crippen LogP contribution in [-0.2, 0) is 9.53 Å². The lowest BCUT2D eigenvalue weighted by molar-refractivity contribution is -0.151. The van der Waals surface area contributed by atoms with Crippen LogP contribution in [0.1, 0.15) is 39.0 Å². The zero-order valence-corrected chi connectivity index (χ0v) is 8.16. The number of aliphatic carboxylic acids is 1. The fourth-order valence-electron chi connectivity index (χ4n) is 1.99. The first kappa shape index (κ1) is 10.5. The van der Waals surface area contributed by atoms with Crippen LogP contribution in [0.5, 0.6) is 0 Å². The van der Waals surface area contributed by atoms with E-state index in [1.165, 1.54) is 25.7 Å². The molecule has 0 bridgehead atoms.